The lowest BCUT2D eigenvalue weighted by atomic mass is 9.89. The van der Waals surface area contributed by atoms with E-state index in [0.717, 1.165) is 9.78 Å². The molecule has 1 aliphatic rings. The van der Waals surface area contributed by atoms with Crippen LogP contribution in [-0.2, 0) is 0 Å². The number of allylic oxidation sites excluding steroid dienone is 4. The van der Waals surface area contributed by atoms with E-state index in [4.69, 9.17) is 0 Å². The summed E-state index contributed by atoms with van der Waals surface area (Å²) in [5.74, 6) is -0.117. The summed E-state index contributed by atoms with van der Waals surface area (Å²) in [6, 6.07) is 1.79. The van der Waals surface area contributed by atoms with E-state index < -0.39 is 0 Å². The predicted molar refractivity (Wildman–Crippen MR) is 73.2 cm³/mol. The summed E-state index contributed by atoms with van der Waals surface area (Å²) in [7, 11) is 0. The number of rotatable bonds is 1. The van der Waals surface area contributed by atoms with Crippen molar-refractivity contribution in [2.45, 2.75) is 20.8 Å². The van der Waals surface area contributed by atoms with E-state index in [1.807, 2.05) is 6.92 Å². The van der Waals surface area contributed by atoms with Crippen LogP contribution in [0.1, 0.15) is 38.8 Å². The van der Waals surface area contributed by atoms with Crippen LogP contribution in [0.2, 0.25) is 0 Å². The molecule has 1 aromatic rings. The Morgan fingerprint density at radius 1 is 1.29 bits per heavy atom. The fourth-order valence-electron chi connectivity index (χ4n) is 1.84. The van der Waals surface area contributed by atoms with Gasteiger partial charge in [-0.15, -0.1) is 24.0 Å². The minimum Gasteiger partial charge on any atom is -0.289 e. The smallest absolute Gasteiger partial charge is 0.200 e. The topological polar surface area (TPSA) is 34.1 Å². The molecule has 1 aromatic heterocycles. The van der Waals surface area contributed by atoms with Crippen molar-refractivity contribution in [2.75, 3.05) is 0 Å². The number of fused-ring (bicyclic) bond motifs is 1. The summed E-state index contributed by atoms with van der Waals surface area (Å²) >= 11 is 5.54. The predicted octanol–water partition coefficient (Wildman–Crippen LogP) is 3.59. The van der Waals surface area contributed by atoms with Gasteiger partial charge < -0.3 is 0 Å². The number of thiol groups is 1. The highest BCUT2D eigenvalue weighted by Crippen LogP contribution is 2.33. The number of Topliss-reactive ketones (excluding diaryl/α,β-unsaturated/α-hetero) is 2. The quantitative estimate of drug-likeness (QED) is 0.787. The molecule has 17 heavy (non-hydrogen) atoms. The van der Waals surface area contributed by atoms with E-state index in [1.54, 1.807) is 26.0 Å². The number of ketones is 2. The summed E-state index contributed by atoms with van der Waals surface area (Å²) in [5.41, 5.74) is 1.51. The minimum absolute atomic E-state index is 0.0430. The summed E-state index contributed by atoms with van der Waals surface area (Å²) < 4.78 is 0. The molecule has 0 atom stereocenters. The third-order valence-corrected chi connectivity index (χ3v) is 3.83. The van der Waals surface area contributed by atoms with Crippen molar-refractivity contribution in [1.82, 2.24) is 0 Å². The average Bonchev–Trinajstić information content (AvgIpc) is 2.63. The highest BCUT2D eigenvalue weighted by molar-refractivity contribution is 7.84. The second kappa shape index (κ2) is 4.27. The Morgan fingerprint density at radius 3 is 2.53 bits per heavy atom. The van der Waals surface area contributed by atoms with E-state index in [9.17, 15) is 9.59 Å². The second-order valence-electron chi connectivity index (χ2n) is 4.08. The second-order valence-corrected chi connectivity index (χ2v) is 6.04. The normalized spacial score (nSPS) is 16.6. The molecule has 0 fully saturated rings. The molecule has 2 nitrogen and oxygen atoms in total. The Kier molecular flexibility index (Phi) is 3.10. The molecule has 0 saturated heterocycles. The highest BCUT2D eigenvalue weighted by Gasteiger charge is 2.30. The largest absolute Gasteiger partial charge is 0.289 e. The average molecular weight is 264 g/mol. The number of carbonyl (C=O) groups is 2. The SMILES string of the molecule is CC1=C(/C=C(/C)S)C(=O)c2cc(C)sc2C1=O. The zero-order valence-electron chi connectivity index (χ0n) is 9.83. The lowest BCUT2D eigenvalue weighted by Gasteiger charge is -2.13. The molecule has 0 aromatic carbocycles. The molecule has 0 unspecified atom stereocenters. The lowest BCUT2D eigenvalue weighted by molar-refractivity contribution is 0.0981. The van der Waals surface area contributed by atoms with Crippen LogP contribution in [0.25, 0.3) is 0 Å². The number of hydrogen-bond acceptors (Lipinski definition) is 4. The molecule has 2 rings (SSSR count). The Balaban J connectivity index is 2.65. The third kappa shape index (κ3) is 2.03. The van der Waals surface area contributed by atoms with Crippen molar-refractivity contribution in [2.24, 2.45) is 0 Å². The highest BCUT2D eigenvalue weighted by atomic mass is 32.1. The lowest BCUT2D eigenvalue weighted by Crippen LogP contribution is -2.17. The van der Waals surface area contributed by atoms with E-state index >= 15 is 0 Å². The molecule has 0 aliphatic heterocycles. The van der Waals surface area contributed by atoms with Crippen LogP contribution < -0.4 is 0 Å². The first-order valence-electron chi connectivity index (χ1n) is 5.19. The van der Waals surface area contributed by atoms with Gasteiger partial charge in [0.15, 0.2) is 11.6 Å². The first kappa shape index (κ1) is 12.3. The van der Waals surface area contributed by atoms with Gasteiger partial charge in [0.25, 0.3) is 0 Å². The van der Waals surface area contributed by atoms with Crippen LogP contribution in [0.15, 0.2) is 28.2 Å². The summed E-state index contributed by atoms with van der Waals surface area (Å²) in [5, 5.41) is 0. The van der Waals surface area contributed by atoms with Crippen LogP contribution in [0.5, 0.6) is 0 Å². The van der Waals surface area contributed by atoms with Crippen LogP contribution >= 0.6 is 24.0 Å². The van der Waals surface area contributed by atoms with Crippen molar-refractivity contribution in [3.05, 3.63) is 43.5 Å². The number of hydrogen-bond donors (Lipinski definition) is 1. The first-order valence-corrected chi connectivity index (χ1v) is 6.46. The van der Waals surface area contributed by atoms with Crippen molar-refractivity contribution in [3.8, 4) is 0 Å². The van der Waals surface area contributed by atoms with E-state index in [1.165, 1.54) is 11.3 Å². The standard InChI is InChI=1S/C13H12O2S2/c1-6(16)4-9-8(3)11(14)13-10(12(9)15)5-7(2)17-13/h4-5,16H,1-3H3/b6-4-. The molecular formula is C13H12O2S2. The maximum absolute atomic E-state index is 12.2. The maximum Gasteiger partial charge on any atom is 0.200 e. The van der Waals surface area contributed by atoms with Gasteiger partial charge >= 0.3 is 0 Å². The molecule has 0 spiro atoms. The summed E-state index contributed by atoms with van der Waals surface area (Å²) in [6.45, 7) is 5.38. The zero-order chi connectivity index (χ0) is 12.7. The number of thiophene rings is 1. The van der Waals surface area contributed by atoms with E-state index in [2.05, 4.69) is 12.6 Å². The summed E-state index contributed by atoms with van der Waals surface area (Å²) in [6.07, 6.45) is 1.66. The molecule has 0 N–H and O–H groups in total. The number of carbonyl (C=O) groups excluding carboxylic acids is 2. The molecule has 1 heterocycles. The molecule has 1 aliphatic carbocycles. The number of aryl methyl sites for hydroxylation is 1. The zero-order valence-corrected chi connectivity index (χ0v) is 11.5. The monoisotopic (exact) mass is 264 g/mol. The van der Waals surface area contributed by atoms with Gasteiger partial charge in [-0.2, -0.15) is 0 Å². The van der Waals surface area contributed by atoms with Crippen LogP contribution in [0.4, 0.5) is 0 Å². The van der Waals surface area contributed by atoms with Crippen molar-refractivity contribution in [1.29, 1.82) is 0 Å². The maximum atomic E-state index is 12.2. The Hall–Kier alpha value is -1.13. The Morgan fingerprint density at radius 2 is 1.94 bits per heavy atom. The van der Waals surface area contributed by atoms with Gasteiger partial charge in [0.2, 0.25) is 0 Å². The molecular weight excluding hydrogens is 252 g/mol. The van der Waals surface area contributed by atoms with E-state index in [0.29, 0.717) is 21.6 Å². The van der Waals surface area contributed by atoms with Gasteiger partial charge in [-0.3, -0.25) is 9.59 Å². The van der Waals surface area contributed by atoms with Gasteiger partial charge in [-0.1, -0.05) is 0 Å². The van der Waals surface area contributed by atoms with Gasteiger partial charge in [0.05, 0.1) is 4.88 Å². The van der Waals surface area contributed by atoms with Crippen molar-refractivity contribution >= 4 is 35.5 Å². The summed E-state index contributed by atoms with van der Waals surface area (Å²) in [4.78, 5) is 26.6. The van der Waals surface area contributed by atoms with Crippen molar-refractivity contribution < 1.29 is 9.59 Å². The molecule has 0 amide bonds. The fourth-order valence-corrected chi connectivity index (χ4v) is 2.98. The molecule has 0 radical (unpaired) electrons. The van der Waals surface area contributed by atoms with Gasteiger partial charge in [0, 0.05) is 21.6 Å². The van der Waals surface area contributed by atoms with Gasteiger partial charge in [-0.25, -0.2) is 0 Å². The van der Waals surface area contributed by atoms with Crippen LogP contribution in [0.3, 0.4) is 0 Å². The van der Waals surface area contributed by atoms with Gasteiger partial charge in [0.1, 0.15) is 0 Å². The fraction of sp³-hybridized carbons (Fsp3) is 0.231. The van der Waals surface area contributed by atoms with Crippen LogP contribution in [-0.4, -0.2) is 11.6 Å². The third-order valence-electron chi connectivity index (χ3n) is 2.65. The van der Waals surface area contributed by atoms with Gasteiger partial charge in [-0.05, 0) is 37.8 Å². The molecule has 0 bridgehead atoms. The minimum atomic E-state index is -0.0742. The Labute approximate surface area is 109 Å². The molecule has 88 valence electrons. The first-order chi connectivity index (χ1) is 7.91. The Bertz CT molecular complexity index is 585. The van der Waals surface area contributed by atoms with Crippen LogP contribution in [0, 0.1) is 6.92 Å². The molecule has 4 heteroatoms. The molecule has 0 saturated carbocycles. The van der Waals surface area contributed by atoms with Crippen molar-refractivity contribution in [3.63, 3.8) is 0 Å². The van der Waals surface area contributed by atoms with E-state index in [-0.39, 0.29) is 11.6 Å².